The number of hydrogen-bond acceptors (Lipinski definition) is 0. The normalized spacial score (nSPS) is 53.8. The van der Waals surface area contributed by atoms with Gasteiger partial charge in [-0.1, -0.05) is 34.6 Å². The molecule has 0 nitrogen and oxygen atoms in total. The molecule has 0 aliphatic carbocycles. The van der Waals surface area contributed by atoms with Gasteiger partial charge in [0.25, 0.3) is 0 Å². The van der Waals surface area contributed by atoms with E-state index in [9.17, 15) is 0 Å². The summed E-state index contributed by atoms with van der Waals surface area (Å²) < 4.78 is 0. The molecule has 2 saturated heterocycles. The molecule has 0 N–H and O–H groups in total. The Balaban J connectivity index is 2.29. The highest BCUT2D eigenvalue weighted by molar-refractivity contribution is 7.60. The summed E-state index contributed by atoms with van der Waals surface area (Å²) in [7, 11) is 0.306. The number of hydrogen-bond donors (Lipinski definition) is 0. The molecule has 0 saturated carbocycles. The highest BCUT2D eigenvalue weighted by Crippen LogP contribution is 2.70. The predicted molar refractivity (Wildman–Crippen MR) is 57.4 cm³/mol. The monoisotopic (exact) mass is 184 g/mol. The van der Waals surface area contributed by atoms with E-state index in [4.69, 9.17) is 0 Å². The van der Waals surface area contributed by atoms with Gasteiger partial charge in [-0.25, -0.2) is 0 Å². The Morgan fingerprint density at radius 1 is 0.833 bits per heavy atom. The van der Waals surface area contributed by atoms with Crippen LogP contribution in [0.3, 0.4) is 0 Å². The van der Waals surface area contributed by atoms with Gasteiger partial charge in [0.05, 0.1) is 0 Å². The molecule has 1 heteroatoms. The van der Waals surface area contributed by atoms with Crippen LogP contribution in [0.15, 0.2) is 0 Å². The topological polar surface area (TPSA) is 0 Å². The smallest absolute Gasteiger partial charge is 0.0120 e. The van der Waals surface area contributed by atoms with E-state index in [2.05, 4.69) is 20.5 Å². The summed E-state index contributed by atoms with van der Waals surface area (Å²) >= 11 is 0. The number of fused-ring (bicyclic) bond motifs is 2. The molecule has 2 fully saturated rings. The van der Waals surface area contributed by atoms with Crippen LogP contribution in [0.2, 0.25) is 0 Å². The summed E-state index contributed by atoms with van der Waals surface area (Å²) in [6, 6.07) is 0. The number of rotatable bonds is 0. The molecule has 0 radical (unpaired) electrons. The van der Waals surface area contributed by atoms with Crippen molar-refractivity contribution in [2.75, 3.05) is 6.66 Å². The van der Waals surface area contributed by atoms with Crippen molar-refractivity contribution in [3.05, 3.63) is 0 Å². The van der Waals surface area contributed by atoms with Gasteiger partial charge in [-0.05, 0) is 42.7 Å². The van der Waals surface area contributed by atoms with Crippen LogP contribution >= 0.6 is 7.92 Å². The largest absolute Gasteiger partial charge is 0.0977 e. The average molecular weight is 184 g/mol. The quantitative estimate of drug-likeness (QED) is 0.499. The molecule has 0 aromatic heterocycles. The standard InChI is InChI=1S/C11H21P/c1-10-6-4-5-7-11(2,9-8-10)12(10)3/h4-9H2,1-3H3. The van der Waals surface area contributed by atoms with Crippen LogP contribution in [0, 0.1) is 0 Å². The van der Waals surface area contributed by atoms with Crippen molar-refractivity contribution >= 4 is 7.92 Å². The Hall–Kier alpha value is 0.430. The fourth-order valence-electron chi connectivity index (χ4n) is 3.12. The predicted octanol–water partition coefficient (Wildman–Crippen LogP) is 3.98. The second kappa shape index (κ2) is 2.71. The molecular weight excluding hydrogens is 163 g/mol. The highest BCUT2D eigenvalue weighted by Gasteiger charge is 2.49. The molecule has 0 spiro atoms. The second-order valence-corrected chi connectivity index (χ2v) is 8.54. The Kier molecular flexibility index (Phi) is 2.03. The first-order chi connectivity index (χ1) is 5.57. The van der Waals surface area contributed by atoms with Crippen molar-refractivity contribution in [3.8, 4) is 0 Å². The van der Waals surface area contributed by atoms with Crippen LogP contribution in [-0.4, -0.2) is 17.0 Å². The van der Waals surface area contributed by atoms with Crippen LogP contribution in [0.25, 0.3) is 0 Å². The van der Waals surface area contributed by atoms with E-state index < -0.39 is 0 Å². The zero-order chi connectivity index (χ0) is 8.82. The van der Waals surface area contributed by atoms with E-state index in [-0.39, 0.29) is 0 Å². The lowest BCUT2D eigenvalue weighted by molar-refractivity contribution is 0.434. The van der Waals surface area contributed by atoms with Gasteiger partial charge >= 0.3 is 0 Å². The molecule has 2 unspecified atom stereocenters. The van der Waals surface area contributed by atoms with Gasteiger partial charge in [0, 0.05) is 0 Å². The third-order valence-electron chi connectivity index (χ3n) is 4.50. The van der Waals surface area contributed by atoms with Crippen LogP contribution in [-0.2, 0) is 0 Å². The minimum atomic E-state index is 0.306. The summed E-state index contributed by atoms with van der Waals surface area (Å²) in [5, 5.41) is 1.53. The summed E-state index contributed by atoms with van der Waals surface area (Å²) in [5.74, 6) is 0. The minimum Gasteiger partial charge on any atom is -0.0977 e. The summed E-state index contributed by atoms with van der Waals surface area (Å²) in [6.07, 6.45) is 9.07. The highest BCUT2D eigenvalue weighted by atomic mass is 31.1. The fraction of sp³-hybridized carbons (Fsp3) is 1.00. The van der Waals surface area contributed by atoms with E-state index in [0.717, 1.165) is 10.3 Å². The molecule has 2 rings (SSSR count). The maximum Gasteiger partial charge on any atom is -0.0120 e. The van der Waals surface area contributed by atoms with E-state index in [1.54, 1.807) is 0 Å². The van der Waals surface area contributed by atoms with Crippen molar-refractivity contribution in [1.82, 2.24) is 0 Å². The van der Waals surface area contributed by atoms with Crippen LogP contribution in [0.4, 0.5) is 0 Å². The van der Waals surface area contributed by atoms with E-state index in [1.165, 1.54) is 38.5 Å². The lowest BCUT2D eigenvalue weighted by Crippen LogP contribution is -2.20. The van der Waals surface area contributed by atoms with Gasteiger partial charge < -0.3 is 0 Å². The summed E-state index contributed by atoms with van der Waals surface area (Å²) in [6.45, 7) is 7.66. The van der Waals surface area contributed by atoms with E-state index in [1.807, 2.05) is 0 Å². The first-order valence-corrected chi connectivity index (χ1v) is 7.10. The van der Waals surface area contributed by atoms with Crippen molar-refractivity contribution in [2.45, 2.75) is 62.7 Å². The summed E-state index contributed by atoms with van der Waals surface area (Å²) in [5.41, 5.74) is 0. The lowest BCUT2D eigenvalue weighted by atomic mass is 9.87. The first-order valence-electron chi connectivity index (χ1n) is 5.31. The molecule has 2 aliphatic rings. The van der Waals surface area contributed by atoms with Crippen LogP contribution in [0.1, 0.15) is 52.4 Å². The Morgan fingerprint density at radius 2 is 1.25 bits per heavy atom. The first kappa shape index (κ1) is 9.00. The van der Waals surface area contributed by atoms with Gasteiger partial charge in [0.1, 0.15) is 0 Å². The van der Waals surface area contributed by atoms with Crippen molar-refractivity contribution in [2.24, 2.45) is 0 Å². The van der Waals surface area contributed by atoms with E-state index >= 15 is 0 Å². The third kappa shape index (κ3) is 1.15. The molecule has 70 valence electrons. The zero-order valence-electron chi connectivity index (χ0n) is 8.69. The lowest BCUT2D eigenvalue weighted by Gasteiger charge is -2.35. The molecule has 0 amide bonds. The van der Waals surface area contributed by atoms with Crippen molar-refractivity contribution in [1.29, 1.82) is 0 Å². The fourth-order valence-corrected chi connectivity index (χ4v) is 6.31. The Labute approximate surface area is 77.9 Å². The van der Waals surface area contributed by atoms with Crippen molar-refractivity contribution < 1.29 is 0 Å². The molecule has 0 aromatic carbocycles. The molecule has 2 atom stereocenters. The van der Waals surface area contributed by atoms with Gasteiger partial charge in [0.15, 0.2) is 0 Å². The molecule has 2 heterocycles. The van der Waals surface area contributed by atoms with Gasteiger partial charge in [-0.3, -0.25) is 0 Å². The Bertz CT molecular complexity index is 161. The summed E-state index contributed by atoms with van der Waals surface area (Å²) in [4.78, 5) is 0. The SMILES string of the molecule is CP1C2(C)CCCCC1(C)CC2. The molecule has 0 aromatic rings. The van der Waals surface area contributed by atoms with Gasteiger partial charge in [-0.15, -0.1) is 0 Å². The zero-order valence-corrected chi connectivity index (χ0v) is 9.58. The van der Waals surface area contributed by atoms with Crippen LogP contribution in [0.5, 0.6) is 0 Å². The third-order valence-corrected chi connectivity index (χ3v) is 8.64. The van der Waals surface area contributed by atoms with Gasteiger partial charge in [-0.2, -0.15) is 0 Å². The van der Waals surface area contributed by atoms with Gasteiger partial charge in [0.2, 0.25) is 0 Å². The molecule has 2 aliphatic heterocycles. The van der Waals surface area contributed by atoms with Crippen LogP contribution < -0.4 is 0 Å². The minimum absolute atomic E-state index is 0.306. The maximum absolute atomic E-state index is 2.56. The second-order valence-electron chi connectivity index (χ2n) is 5.26. The van der Waals surface area contributed by atoms with E-state index in [0.29, 0.717) is 7.92 Å². The Morgan fingerprint density at radius 3 is 1.67 bits per heavy atom. The van der Waals surface area contributed by atoms with Crippen molar-refractivity contribution in [3.63, 3.8) is 0 Å². The average Bonchev–Trinajstić information content (AvgIpc) is 2.17. The molecular formula is C11H21P. The maximum atomic E-state index is 2.56. The molecule has 2 bridgehead atoms. The molecule has 12 heavy (non-hydrogen) atoms.